The molecule has 2 heterocycles. The van der Waals surface area contributed by atoms with Crippen molar-refractivity contribution in [3.63, 3.8) is 0 Å². The fourth-order valence-electron chi connectivity index (χ4n) is 3.12. The van der Waals surface area contributed by atoms with Crippen LogP contribution >= 0.6 is 0 Å². The van der Waals surface area contributed by atoms with Crippen molar-refractivity contribution in [2.75, 3.05) is 23.4 Å². The van der Waals surface area contributed by atoms with E-state index in [2.05, 4.69) is 15.1 Å². The number of carbonyl (C=O) groups excluding carboxylic acids is 1. The molecule has 2 N–H and O–H groups in total. The van der Waals surface area contributed by atoms with Crippen LogP contribution in [0.25, 0.3) is 0 Å². The van der Waals surface area contributed by atoms with Crippen LogP contribution in [0, 0.1) is 0 Å². The largest absolute Gasteiger partial charge is 0.494 e. The van der Waals surface area contributed by atoms with Gasteiger partial charge in [-0.15, -0.1) is 0 Å². The van der Waals surface area contributed by atoms with Crippen LogP contribution in [0.15, 0.2) is 23.0 Å². The van der Waals surface area contributed by atoms with E-state index in [4.69, 9.17) is 4.74 Å². The van der Waals surface area contributed by atoms with E-state index < -0.39 is 15.9 Å². The number of hydrogen-bond donors (Lipinski definition) is 2. The Morgan fingerprint density at radius 2 is 2.07 bits per heavy atom. The Morgan fingerprint density at radius 1 is 1.29 bits per heavy atom. The van der Waals surface area contributed by atoms with E-state index in [1.807, 2.05) is 0 Å². The maximum atomic E-state index is 12.4. The van der Waals surface area contributed by atoms with Gasteiger partial charge in [0.05, 0.1) is 19.1 Å². The van der Waals surface area contributed by atoms with E-state index in [0.717, 1.165) is 31.9 Å². The quantitative estimate of drug-likeness (QED) is 0.727. The minimum atomic E-state index is -3.46. The second kappa shape index (κ2) is 8.05. The van der Waals surface area contributed by atoms with Gasteiger partial charge in [0.1, 0.15) is 18.1 Å². The number of anilines is 2. The predicted molar refractivity (Wildman–Crippen MR) is 104 cm³/mol. The summed E-state index contributed by atoms with van der Waals surface area (Å²) in [6.07, 6.45) is 4.74. The molecule has 0 saturated heterocycles. The third-order valence-electron chi connectivity index (χ3n) is 4.36. The summed E-state index contributed by atoms with van der Waals surface area (Å²) >= 11 is 0. The molecule has 2 aromatic rings. The van der Waals surface area contributed by atoms with E-state index in [9.17, 15) is 18.0 Å². The fraction of sp³-hybridized carbons (Fsp3) is 0.471. The fourth-order valence-corrected chi connectivity index (χ4v) is 3.69. The summed E-state index contributed by atoms with van der Waals surface area (Å²) in [4.78, 5) is 24.8. The van der Waals surface area contributed by atoms with Crippen LogP contribution in [0.5, 0.6) is 5.75 Å². The number of ether oxygens (including phenoxy) is 1. The first kappa shape index (κ1) is 19.9. The Kier molecular flexibility index (Phi) is 5.73. The number of sulfonamides is 1. The van der Waals surface area contributed by atoms with Gasteiger partial charge in [-0.05, 0) is 25.0 Å². The van der Waals surface area contributed by atoms with Gasteiger partial charge in [-0.3, -0.25) is 14.1 Å². The summed E-state index contributed by atoms with van der Waals surface area (Å²) < 4.78 is 33.1. The number of aromatic nitrogens is 3. The molecule has 1 aliphatic heterocycles. The van der Waals surface area contributed by atoms with Crippen molar-refractivity contribution in [1.82, 2.24) is 14.3 Å². The van der Waals surface area contributed by atoms with Crippen molar-refractivity contribution in [3.05, 3.63) is 34.5 Å². The molecular weight excluding hydrogens is 386 g/mol. The molecule has 0 unspecified atom stereocenters. The lowest BCUT2D eigenvalue weighted by molar-refractivity contribution is -0.117. The Morgan fingerprint density at radius 3 is 2.79 bits per heavy atom. The number of carbonyl (C=O) groups is 1. The zero-order chi connectivity index (χ0) is 20.3. The lowest BCUT2D eigenvalue weighted by Gasteiger charge is -2.12. The summed E-state index contributed by atoms with van der Waals surface area (Å²) in [5.41, 5.74) is 0.393. The normalized spacial score (nSPS) is 14.1. The minimum absolute atomic E-state index is 0.204. The van der Waals surface area contributed by atoms with Gasteiger partial charge >= 0.3 is 5.69 Å². The molecule has 0 aliphatic carbocycles. The van der Waals surface area contributed by atoms with Crippen molar-refractivity contribution in [3.8, 4) is 5.75 Å². The molecular formula is C17H23N5O5S. The molecule has 1 aromatic heterocycles. The predicted octanol–water partition coefficient (Wildman–Crippen LogP) is 0.790. The highest BCUT2D eigenvalue weighted by Gasteiger charge is 2.17. The van der Waals surface area contributed by atoms with E-state index >= 15 is 0 Å². The number of benzene rings is 1. The number of aryl methyl sites for hydroxylation is 1. The Bertz CT molecular complexity index is 1040. The van der Waals surface area contributed by atoms with Crippen LogP contribution in [0.4, 0.5) is 11.4 Å². The molecule has 0 fully saturated rings. The maximum Gasteiger partial charge on any atom is 0.346 e. The molecule has 152 valence electrons. The van der Waals surface area contributed by atoms with Gasteiger partial charge in [-0.1, -0.05) is 6.42 Å². The zero-order valence-corrected chi connectivity index (χ0v) is 16.6. The van der Waals surface area contributed by atoms with Crippen LogP contribution in [0.3, 0.4) is 0 Å². The SMILES string of the molecule is COc1cc(NC(=O)Cn2nc3n(c2=O)CCCCC3)ccc1NS(C)(=O)=O. The molecule has 0 radical (unpaired) electrons. The van der Waals surface area contributed by atoms with Gasteiger partial charge in [-0.2, -0.15) is 5.10 Å². The number of nitrogens with zero attached hydrogens (tertiary/aromatic N) is 3. The second-order valence-electron chi connectivity index (χ2n) is 6.66. The van der Waals surface area contributed by atoms with E-state index in [1.54, 1.807) is 10.6 Å². The second-order valence-corrected chi connectivity index (χ2v) is 8.40. The Balaban J connectivity index is 1.72. The van der Waals surface area contributed by atoms with Gasteiger partial charge in [-0.25, -0.2) is 17.9 Å². The average molecular weight is 409 g/mol. The van der Waals surface area contributed by atoms with Crippen LogP contribution in [-0.2, 0) is 34.3 Å². The van der Waals surface area contributed by atoms with E-state index in [0.29, 0.717) is 18.1 Å². The molecule has 3 rings (SSSR count). The minimum Gasteiger partial charge on any atom is -0.494 e. The van der Waals surface area contributed by atoms with Crippen molar-refractivity contribution >= 4 is 27.3 Å². The van der Waals surface area contributed by atoms with Gasteiger partial charge in [0.2, 0.25) is 15.9 Å². The monoisotopic (exact) mass is 409 g/mol. The van der Waals surface area contributed by atoms with Crippen LogP contribution < -0.4 is 20.5 Å². The van der Waals surface area contributed by atoms with E-state index in [-0.39, 0.29) is 23.7 Å². The summed E-state index contributed by atoms with van der Waals surface area (Å²) in [7, 11) is -2.07. The molecule has 1 amide bonds. The van der Waals surface area contributed by atoms with Gasteiger partial charge in [0, 0.05) is 24.7 Å². The highest BCUT2D eigenvalue weighted by atomic mass is 32.2. The molecule has 0 atom stereocenters. The molecule has 0 spiro atoms. The molecule has 0 bridgehead atoms. The zero-order valence-electron chi connectivity index (χ0n) is 15.8. The third kappa shape index (κ3) is 4.71. The number of rotatable bonds is 6. The number of fused-ring (bicyclic) bond motifs is 1. The number of amides is 1. The first-order valence-corrected chi connectivity index (χ1v) is 10.8. The Labute approximate surface area is 162 Å². The highest BCUT2D eigenvalue weighted by Crippen LogP contribution is 2.28. The standard InChI is InChI=1S/C17H23N5O5S/c1-27-14-10-12(7-8-13(14)20-28(2,25)26)18-16(23)11-22-17(24)21-9-5-3-4-6-15(21)19-22/h7-8,10,20H,3-6,9,11H2,1-2H3,(H,18,23). The topological polar surface area (TPSA) is 124 Å². The smallest absolute Gasteiger partial charge is 0.346 e. The molecule has 28 heavy (non-hydrogen) atoms. The van der Waals surface area contributed by atoms with Crippen LogP contribution in [-0.4, -0.2) is 42.0 Å². The lowest BCUT2D eigenvalue weighted by atomic mass is 10.2. The molecule has 11 heteroatoms. The van der Waals surface area contributed by atoms with Crippen molar-refractivity contribution in [2.24, 2.45) is 0 Å². The summed E-state index contributed by atoms with van der Waals surface area (Å²) in [5, 5.41) is 6.95. The number of methoxy groups -OCH3 is 1. The van der Waals surface area contributed by atoms with Gasteiger partial charge < -0.3 is 10.1 Å². The third-order valence-corrected chi connectivity index (χ3v) is 4.95. The first-order valence-electron chi connectivity index (χ1n) is 8.89. The van der Waals surface area contributed by atoms with E-state index in [1.165, 1.54) is 23.9 Å². The summed E-state index contributed by atoms with van der Waals surface area (Å²) in [6, 6.07) is 4.52. The van der Waals surface area contributed by atoms with Crippen LogP contribution in [0.1, 0.15) is 25.1 Å². The molecule has 0 saturated carbocycles. The van der Waals surface area contributed by atoms with Crippen molar-refractivity contribution < 1.29 is 17.9 Å². The Hall–Kier alpha value is -2.82. The molecule has 1 aromatic carbocycles. The highest BCUT2D eigenvalue weighted by molar-refractivity contribution is 7.92. The summed E-state index contributed by atoms with van der Waals surface area (Å²) in [5.74, 6) is 0.559. The molecule has 10 nitrogen and oxygen atoms in total. The van der Waals surface area contributed by atoms with Crippen LogP contribution in [0.2, 0.25) is 0 Å². The van der Waals surface area contributed by atoms with Crippen molar-refractivity contribution in [1.29, 1.82) is 0 Å². The lowest BCUT2D eigenvalue weighted by Crippen LogP contribution is -2.30. The first-order chi connectivity index (χ1) is 13.3. The van der Waals surface area contributed by atoms with Crippen molar-refractivity contribution in [2.45, 2.75) is 38.8 Å². The van der Waals surface area contributed by atoms with Gasteiger partial charge in [0.15, 0.2) is 0 Å². The average Bonchev–Trinajstić information content (AvgIpc) is 2.79. The maximum absolute atomic E-state index is 12.4. The number of nitrogens with one attached hydrogen (secondary N) is 2. The number of hydrogen-bond acceptors (Lipinski definition) is 6. The summed E-state index contributed by atoms with van der Waals surface area (Å²) in [6.45, 7) is 0.423. The van der Waals surface area contributed by atoms with Gasteiger partial charge in [0.25, 0.3) is 0 Å². The molecule has 1 aliphatic rings.